The van der Waals surface area contributed by atoms with Gasteiger partial charge in [-0.3, -0.25) is 4.79 Å². The summed E-state index contributed by atoms with van der Waals surface area (Å²) >= 11 is 0. The van der Waals surface area contributed by atoms with Crippen LogP contribution in [-0.2, 0) is 9.53 Å². The second kappa shape index (κ2) is 4.05. The number of carbonyl (C=O) groups is 1. The Hall–Kier alpha value is -0.530. The van der Waals surface area contributed by atoms with E-state index >= 15 is 0 Å². The van der Waals surface area contributed by atoms with Crippen molar-refractivity contribution in [2.45, 2.75) is 59.0 Å². The number of carbonyl (C=O) groups excluding carboxylic acids is 1. The fourth-order valence-corrected chi connectivity index (χ4v) is 3.55. The molecule has 0 amide bonds. The summed E-state index contributed by atoms with van der Waals surface area (Å²) in [5.41, 5.74) is -0.263. The quantitative estimate of drug-likeness (QED) is 0.687. The minimum Gasteiger partial charge on any atom is -0.459 e. The number of fused-ring (bicyclic) bond motifs is 2. The number of hydrogen-bond acceptors (Lipinski definition) is 2. The van der Waals surface area contributed by atoms with Crippen molar-refractivity contribution in [3.05, 3.63) is 0 Å². The normalized spacial score (nSPS) is 33.4. The van der Waals surface area contributed by atoms with Gasteiger partial charge in [-0.1, -0.05) is 20.3 Å². The van der Waals surface area contributed by atoms with E-state index in [1.807, 2.05) is 13.8 Å². The Bertz CT molecular complexity index is 280. The predicted molar refractivity (Wildman–Crippen MR) is 63.9 cm³/mol. The van der Waals surface area contributed by atoms with E-state index in [1.54, 1.807) is 0 Å². The van der Waals surface area contributed by atoms with E-state index in [4.69, 9.17) is 4.74 Å². The molecule has 0 spiro atoms. The third-order valence-electron chi connectivity index (χ3n) is 4.47. The zero-order valence-corrected chi connectivity index (χ0v) is 11.0. The van der Waals surface area contributed by atoms with Gasteiger partial charge in [0, 0.05) is 5.92 Å². The molecule has 0 aromatic rings. The maximum Gasteiger partial charge on any atom is 0.308 e. The molecule has 0 aromatic heterocycles. The van der Waals surface area contributed by atoms with Gasteiger partial charge in [0.2, 0.25) is 0 Å². The Morgan fingerprint density at radius 1 is 1.25 bits per heavy atom. The van der Waals surface area contributed by atoms with Crippen molar-refractivity contribution in [2.24, 2.45) is 23.7 Å². The van der Waals surface area contributed by atoms with Gasteiger partial charge in [0.25, 0.3) is 0 Å². The smallest absolute Gasteiger partial charge is 0.308 e. The SMILES string of the molecule is CC(C)C(=O)OC(C)(C)C1C[C@@H]2CCC1C2. The first-order valence-corrected chi connectivity index (χ1v) is 6.63. The molecule has 0 heterocycles. The highest BCUT2D eigenvalue weighted by atomic mass is 16.6. The summed E-state index contributed by atoms with van der Waals surface area (Å²) in [7, 11) is 0. The first-order chi connectivity index (χ1) is 7.40. The molecule has 3 atom stereocenters. The summed E-state index contributed by atoms with van der Waals surface area (Å²) in [5.74, 6) is 2.24. The number of hydrogen-bond donors (Lipinski definition) is 0. The van der Waals surface area contributed by atoms with E-state index in [0.717, 1.165) is 11.8 Å². The van der Waals surface area contributed by atoms with Crippen molar-refractivity contribution in [3.8, 4) is 0 Å². The zero-order chi connectivity index (χ0) is 11.9. The van der Waals surface area contributed by atoms with Crippen molar-refractivity contribution in [3.63, 3.8) is 0 Å². The summed E-state index contributed by atoms with van der Waals surface area (Å²) in [4.78, 5) is 11.7. The monoisotopic (exact) mass is 224 g/mol. The largest absolute Gasteiger partial charge is 0.459 e. The van der Waals surface area contributed by atoms with Gasteiger partial charge in [0.1, 0.15) is 5.60 Å². The van der Waals surface area contributed by atoms with Crippen LogP contribution in [0, 0.1) is 23.7 Å². The third-order valence-corrected chi connectivity index (χ3v) is 4.47. The molecule has 0 aliphatic heterocycles. The highest BCUT2D eigenvalue weighted by Crippen LogP contribution is 2.52. The Labute approximate surface area is 98.7 Å². The van der Waals surface area contributed by atoms with Crippen LogP contribution in [0.15, 0.2) is 0 Å². The first kappa shape index (κ1) is 11.9. The molecule has 2 fully saturated rings. The number of ether oxygens (including phenoxy) is 1. The minimum absolute atomic E-state index is 0.0159. The number of esters is 1. The second-order valence-corrected chi connectivity index (χ2v) is 6.46. The molecule has 2 aliphatic carbocycles. The molecule has 92 valence electrons. The van der Waals surface area contributed by atoms with E-state index in [9.17, 15) is 4.79 Å². The van der Waals surface area contributed by atoms with E-state index in [1.165, 1.54) is 25.7 Å². The topological polar surface area (TPSA) is 26.3 Å². The molecule has 2 aliphatic rings. The van der Waals surface area contributed by atoms with Crippen LogP contribution in [0.4, 0.5) is 0 Å². The molecule has 16 heavy (non-hydrogen) atoms. The van der Waals surface area contributed by atoms with Gasteiger partial charge in [-0.05, 0) is 44.9 Å². The van der Waals surface area contributed by atoms with Crippen LogP contribution in [-0.4, -0.2) is 11.6 Å². The van der Waals surface area contributed by atoms with E-state index in [-0.39, 0.29) is 17.5 Å². The molecule has 2 unspecified atom stereocenters. The Morgan fingerprint density at radius 3 is 2.38 bits per heavy atom. The maximum atomic E-state index is 11.7. The van der Waals surface area contributed by atoms with Crippen LogP contribution in [0.25, 0.3) is 0 Å². The lowest BCUT2D eigenvalue weighted by Crippen LogP contribution is -2.40. The summed E-state index contributed by atoms with van der Waals surface area (Å²) in [6.45, 7) is 8.00. The average Bonchev–Trinajstić information content (AvgIpc) is 2.77. The van der Waals surface area contributed by atoms with E-state index in [0.29, 0.717) is 5.92 Å². The Balaban J connectivity index is 1.99. The van der Waals surface area contributed by atoms with Crippen molar-refractivity contribution in [1.29, 1.82) is 0 Å². The first-order valence-electron chi connectivity index (χ1n) is 6.63. The van der Waals surface area contributed by atoms with Crippen LogP contribution >= 0.6 is 0 Å². The molecule has 0 saturated heterocycles. The lowest BCUT2D eigenvalue weighted by atomic mass is 9.78. The molecule has 2 bridgehead atoms. The van der Waals surface area contributed by atoms with Crippen molar-refractivity contribution < 1.29 is 9.53 Å². The molecular weight excluding hydrogens is 200 g/mol. The lowest BCUT2D eigenvalue weighted by molar-refractivity contribution is -0.167. The molecule has 0 radical (unpaired) electrons. The van der Waals surface area contributed by atoms with Gasteiger partial charge in [0.05, 0.1) is 5.92 Å². The van der Waals surface area contributed by atoms with Crippen LogP contribution in [0.1, 0.15) is 53.4 Å². The third kappa shape index (κ3) is 2.11. The van der Waals surface area contributed by atoms with Crippen molar-refractivity contribution in [1.82, 2.24) is 0 Å². The minimum atomic E-state index is -0.263. The predicted octanol–water partition coefficient (Wildman–Crippen LogP) is 3.40. The highest BCUT2D eigenvalue weighted by molar-refractivity contribution is 5.72. The fraction of sp³-hybridized carbons (Fsp3) is 0.929. The molecule has 2 nitrogen and oxygen atoms in total. The van der Waals surface area contributed by atoms with Gasteiger partial charge in [-0.15, -0.1) is 0 Å². The van der Waals surface area contributed by atoms with Crippen LogP contribution in [0.5, 0.6) is 0 Å². The fourth-order valence-electron chi connectivity index (χ4n) is 3.55. The Kier molecular flexibility index (Phi) is 3.02. The number of rotatable bonds is 3. The summed E-state index contributed by atoms with van der Waals surface area (Å²) in [5, 5.41) is 0. The second-order valence-electron chi connectivity index (χ2n) is 6.46. The van der Waals surface area contributed by atoms with Gasteiger partial charge in [0.15, 0.2) is 0 Å². The molecule has 2 saturated carbocycles. The zero-order valence-electron chi connectivity index (χ0n) is 11.0. The van der Waals surface area contributed by atoms with Crippen molar-refractivity contribution >= 4 is 5.97 Å². The standard InChI is InChI=1S/C14H24O2/c1-9(2)13(15)16-14(3,4)12-8-10-5-6-11(12)7-10/h9-12H,5-8H2,1-4H3/t10-,11?,12?/m1/s1. The molecule has 0 aromatic carbocycles. The van der Waals surface area contributed by atoms with E-state index < -0.39 is 0 Å². The van der Waals surface area contributed by atoms with Gasteiger partial charge in [-0.25, -0.2) is 0 Å². The van der Waals surface area contributed by atoms with Crippen LogP contribution in [0.2, 0.25) is 0 Å². The lowest BCUT2D eigenvalue weighted by Gasteiger charge is -2.37. The molecular formula is C14H24O2. The summed E-state index contributed by atoms with van der Waals surface area (Å²) in [6, 6.07) is 0. The average molecular weight is 224 g/mol. The molecule has 2 rings (SSSR count). The van der Waals surface area contributed by atoms with Crippen molar-refractivity contribution in [2.75, 3.05) is 0 Å². The van der Waals surface area contributed by atoms with Gasteiger partial charge in [-0.2, -0.15) is 0 Å². The van der Waals surface area contributed by atoms with Gasteiger partial charge < -0.3 is 4.74 Å². The molecule has 0 N–H and O–H groups in total. The summed E-state index contributed by atoms with van der Waals surface area (Å²) in [6.07, 6.45) is 5.38. The van der Waals surface area contributed by atoms with Crippen LogP contribution in [0.3, 0.4) is 0 Å². The Morgan fingerprint density at radius 2 is 1.94 bits per heavy atom. The van der Waals surface area contributed by atoms with Crippen LogP contribution < -0.4 is 0 Å². The molecule has 2 heteroatoms. The summed E-state index contributed by atoms with van der Waals surface area (Å²) < 4.78 is 5.70. The van der Waals surface area contributed by atoms with Gasteiger partial charge >= 0.3 is 5.97 Å². The maximum absolute atomic E-state index is 11.7. The highest BCUT2D eigenvalue weighted by Gasteiger charge is 2.48. The van der Waals surface area contributed by atoms with E-state index in [2.05, 4.69) is 13.8 Å².